The third kappa shape index (κ3) is 9.12. The third-order valence-electron chi connectivity index (χ3n) is 1.99. The topological polar surface area (TPSA) is 37.3 Å². The Hall–Kier alpha value is -0.790. The van der Waals surface area contributed by atoms with Crippen molar-refractivity contribution in [3.05, 3.63) is 12.2 Å². The van der Waals surface area contributed by atoms with Crippen LogP contribution in [0.4, 0.5) is 0 Å². The Morgan fingerprint density at radius 3 is 2.69 bits per heavy atom. The van der Waals surface area contributed by atoms with Crippen molar-refractivity contribution in [1.82, 2.24) is 0 Å². The van der Waals surface area contributed by atoms with Gasteiger partial charge in [-0.2, -0.15) is 0 Å². The molecular formula is C11H20O2. The van der Waals surface area contributed by atoms with E-state index in [0.717, 1.165) is 25.7 Å². The predicted molar refractivity (Wildman–Crippen MR) is 54.7 cm³/mol. The van der Waals surface area contributed by atoms with Gasteiger partial charge in [-0.1, -0.05) is 26.0 Å². The Balaban J connectivity index is 3.31. The molecule has 0 bridgehead atoms. The highest BCUT2D eigenvalue weighted by molar-refractivity contribution is 5.66. The van der Waals surface area contributed by atoms with Crippen molar-refractivity contribution in [2.45, 2.75) is 46.0 Å². The fraction of sp³-hybridized carbons (Fsp3) is 0.727. The van der Waals surface area contributed by atoms with Gasteiger partial charge in [0.1, 0.15) is 0 Å². The maximum absolute atomic E-state index is 10.3. The van der Waals surface area contributed by atoms with Crippen LogP contribution in [0.25, 0.3) is 0 Å². The number of aliphatic carboxylic acids is 1. The van der Waals surface area contributed by atoms with Crippen LogP contribution in [0.1, 0.15) is 46.0 Å². The molecule has 0 rings (SSSR count). The van der Waals surface area contributed by atoms with Gasteiger partial charge >= 0.3 is 5.97 Å². The summed E-state index contributed by atoms with van der Waals surface area (Å²) in [5.74, 6) is -0.371. The summed E-state index contributed by atoms with van der Waals surface area (Å²) < 4.78 is 0. The average Bonchev–Trinajstić information content (AvgIpc) is 2.02. The van der Waals surface area contributed by atoms with Crippen LogP contribution in [0.15, 0.2) is 12.2 Å². The summed E-state index contributed by atoms with van der Waals surface area (Å²) in [6.45, 7) is 4.11. The summed E-state index contributed by atoms with van der Waals surface area (Å²) >= 11 is 0. The first-order valence-corrected chi connectivity index (χ1v) is 5.03. The molecule has 0 radical (unpaired) electrons. The van der Waals surface area contributed by atoms with Gasteiger partial charge in [-0.05, 0) is 31.6 Å². The second kappa shape index (κ2) is 7.84. The molecule has 0 fully saturated rings. The molecule has 0 aliphatic rings. The lowest BCUT2D eigenvalue weighted by atomic mass is 10.0. The lowest BCUT2D eigenvalue weighted by Crippen LogP contribution is -2.03. The fourth-order valence-corrected chi connectivity index (χ4v) is 1.27. The molecule has 0 heterocycles. The van der Waals surface area contributed by atoms with Gasteiger partial charge in [-0.15, -0.1) is 0 Å². The number of carboxylic acid groups (broad SMARTS) is 1. The first-order chi connectivity index (χ1) is 6.16. The van der Waals surface area contributed by atoms with E-state index in [1.54, 1.807) is 0 Å². The minimum atomic E-state index is -0.684. The second-order valence-corrected chi connectivity index (χ2v) is 3.51. The van der Waals surface area contributed by atoms with E-state index >= 15 is 0 Å². The zero-order chi connectivity index (χ0) is 10.1. The summed E-state index contributed by atoms with van der Waals surface area (Å²) in [6, 6.07) is 0. The summed E-state index contributed by atoms with van der Waals surface area (Å²) in [5.41, 5.74) is 0. The molecule has 0 amide bonds. The number of allylic oxidation sites excluding steroid dienone is 2. The van der Waals surface area contributed by atoms with Crippen LogP contribution in [-0.2, 0) is 4.79 Å². The number of carboxylic acids is 1. The zero-order valence-corrected chi connectivity index (χ0v) is 8.62. The van der Waals surface area contributed by atoms with Crippen LogP contribution >= 0.6 is 0 Å². The van der Waals surface area contributed by atoms with E-state index in [0.29, 0.717) is 12.3 Å². The maximum Gasteiger partial charge on any atom is 0.303 e. The van der Waals surface area contributed by atoms with Crippen LogP contribution in [0.5, 0.6) is 0 Å². The van der Waals surface area contributed by atoms with E-state index in [9.17, 15) is 4.79 Å². The number of carbonyl (C=O) groups is 1. The lowest BCUT2D eigenvalue weighted by Gasteiger charge is -2.06. The van der Waals surface area contributed by atoms with Gasteiger partial charge in [0.05, 0.1) is 0 Å². The monoisotopic (exact) mass is 184 g/mol. The van der Waals surface area contributed by atoms with Crippen molar-refractivity contribution in [3.63, 3.8) is 0 Å². The predicted octanol–water partition coefficient (Wildman–Crippen LogP) is 3.23. The number of unbranched alkanes of at least 4 members (excludes halogenated alkanes) is 1. The number of rotatable bonds is 7. The second-order valence-electron chi connectivity index (χ2n) is 3.51. The van der Waals surface area contributed by atoms with Crippen molar-refractivity contribution in [2.24, 2.45) is 5.92 Å². The van der Waals surface area contributed by atoms with E-state index < -0.39 is 5.97 Å². The zero-order valence-electron chi connectivity index (χ0n) is 8.62. The molecule has 0 spiro atoms. The summed E-state index contributed by atoms with van der Waals surface area (Å²) in [7, 11) is 0. The molecule has 1 unspecified atom stereocenters. The van der Waals surface area contributed by atoms with Gasteiger partial charge in [0.25, 0.3) is 0 Å². The van der Waals surface area contributed by atoms with E-state index in [-0.39, 0.29) is 0 Å². The van der Waals surface area contributed by atoms with Crippen molar-refractivity contribution in [2.75, 3.05) is 0 Å². The molecule has 0 aromatic rings. The highest BCUT2D eigenvalue weighted by atomic mass is 16.4. The smallest absolute Gasteiger partial charge is 0.303 e. The SMILES string of the molecule is CCC=CCCCC(C)CC(=O)O. The molecular weight excluding hydrogens is 164 g/mol. The Morgan fingerprint density at radius 2 is 2.15 bits per heavy atom. The van der Waals surface area contributed by atoms with E-state index in [2.05, 4.69) is 19.1 Å². The molecule has 0 aromatic heterocycles. The minimum Gasteiger partial charge on any atom is -0.481 e. The molecule has 0 aliphatic carbocycles. The third-order valence-corrected chi connectivity index (χ3v) is 1.99. The first kappa shape index (κ1) is 12.2. The molecule has 2 heteroatoms. The summed E-state index contributed by atoms with van der Waals surface area (Å²) in [6.07, 6.45) is 8.92. The van der Waals surface area contributed by atoms with Gasteiger partial charge in [0.15, 0.2) is 0 Å². The Labute approximate surface area is 80.7 Å². The average molecular weight is 184 g/mol. The van der Waals surface area contributed by atoms with Crippen LogP contribution in [0, 0.1) is 5.92 Å². The van der Waals surface area contributed by atoms with Gasteiger partial charge < -0.3 is 5.11 Å². The van der Waals surface area contributed by atoms with Crippen LogP contribution in [-0.4, -0.2) is 11.1 Å². The Bertz CT molecular complexity index is 161. The largest absolute Gasteiger partial charge is 0.481 e. The van der Waals surface area contributed by atoms with Gasteiger partial charge in [0, 0.05) is 6.42 Å². The van der Waals surface area contributed by atoms with Crippen LogP contribution < -0.4 is 0 Å². The summed E-state index contributed by atoms with van der Waals surface area (Å²) in [4.78, 5) is 10.3. The van der Waals surface area contributed by atoms with E-state index in [1.807, 2.05) is 6.92 Å². The van der Waals surface area contributed by atoms with Crippen LogP contribution in [0.2, 0.25) is 0 Å². The van der Waals surface area contributed by atoms with Crippen molar-refractivity contribution >= 4 is 5.97 Å². The summed E-state index contributed by atoms with van der Waals surface area (Å²) in [5, 5.41) is 8.51. The first-order valence-electron chi connectivity index (χ1n) is 5.03. The normalized spacial score (nSPS) is 13.4. The van der Waals surface area contributed by atoms with Crippen molar-refractivity contribution in [1.29, 1.82) is 0 Å². The van der Waals surface area contributed by atoms with Gasteiger partial charge in [-0.25, -0.2) is 0 Å². The minimum absolute atomic E-state index is 0.303. The number of hydrogen-bond donors (Lipinski definition) is 1. The van der Waals surface area contributed by atoms with Crippen molar-refractivity contribution in [3.8, 4) is 0 Å². The molecule has 0 aliphatic heterocycles. The Kier molecular flexibility index (Phi) is 7.36. The highest BCUT2D eigenvalue weighted by Crippen LogP contribution is 2.11. The maximum atomic E-state index is 10.3. The molecule has 76 valence electrons. The quantitative estimate of drug-likeness (QED) is 0.487. The molecule has 1 atom stereocenters. The standard InChI is InChI=1S/C11H20O2/c1-3-4-5-6-7-8-10(2)9-11(12)13/h4-5,10H,3,6-9H2,1-2H3,(H,12,13). The molecule has 13 heavy (non-hydrogen) atoms. The Morgan fingerprint density at radius 1 is 1.46 bits per heavy atom. The van der Waals surface area contributed by atoms with E-state index in [1.165, 1.54) is 0 Å². The molecule has 0 saturated heterocycles. The molecule has 1 N–H and O–H groups in total. The molecule has 2 nitrogen and oxygen atoms in total. The molecule has 0 aromatic carbocycles. The highest BCUT2D eigenvalue weighted by Gasteiger charge is 2.05. The van der Waals surface area contributed by atoms with Gasteiger partial charge in [-0.3, -0.25) is 4.79 Å². The van der Waals surface area contributed by atoms with Gasteiger partial charge in [0.2, 0.25) is 0 Å². The lowest BCUT2D eigenvalue weighted by molar-refractivity contribution is -0.138. The number of hydrogen-bond acceptors (Lipinski definition) is 1. The fourth-order valence-electron chi connectivity index (χ4n) is 1.27. The van der Waals surface area contributed by atoms with Crippen molar-refractivity contribution < 1.29 is 9.90 Å². The van der Waals surface area contributed by atoms with E-state index in [4.69, 9.17) is 5.11 Å². The molecule has 0 saturated carbocycles. The van der Waals surface area contributed by atoms with Crippen LogP contribution in [0.3, 0.4) is 0 Å².